The number of carbonyl (C=O) groups excluding carboxylic acids is 2. The molecule has 2 rings (SSSR count). The van der Waals surface area contributed by atoms with E-state index in [2.05, 4.69) is 10.4 Å². The maximum atomic E-state index is 12.4. The summed E-state index contributed by atoms with van der Waals surface area (Å²) in [5.74, 6) is -0.621. The van der Waals surface area contributed by atoms with Crippen LogP contribution >= 0.6 is 0 Å². The van der Waals surface area contributed by atoms with Crippen LogP contribution in [-0.2, 0) is 20.8 Å². The molecule has 1 heterocycles. The third kappa shape index (κ3) is 5.61. The fourth-order valence-electron chi connectivity index (χ4n) is 2.38. The van der Waals surface area contributed by atoms with Crippen LogP contribution in [0.15, 0.2) is 36.7 Å². The fourth-order valence-corrected chi connectivity index (χ4v) is 2.38. The number of carbonyl (C=O) groups is 2. The van der Waals surface area contributed by atoms with E-state index in [-0.39, 0.29) is 6.54 Å². The van der Waals surface area contributed by atoms with Crippen molar-refractivity contribution in [1.82, 2.24) is 9.78 Å². The summed E-state index contributed by atoms with van der Waals surface area (Å²) in [5, 5.41) is 6.76. The SMILES string of the molecule is Cc1cccc(C)c1NC(=O)OC(Cn1cccn1)C(=O)OC(C)(C)C. The molecule has 0 aliphatic rings. The number of nitrogens with zero attached hydrogens (tertiary/aromatic N) is 2. The number of anilines is 1. The maximum Gasteiger partial charge on any atom is 0.412 e. The minimum Gasteiger partial charge on any atom is -0.457 e. The van der Waals surface area contributed by atoms with E-state index in [0.717, 1.165) is 11.1 Å². The van der Waals surface area contributed by atoms with Crippen LogP contribution in [0.25, 0.3) is 0 Å². The van der Waals surface area contributed by atoms with Crippen molar-refractivity contribution in [1.29, 1.82) is 0 Å². The largest absolute Gasteiger partial charge is 0.457 e. The van der Waals surface area contributed by atoms with Gasteiger partial charge >= 0.3 is 12.1 Å². The average Bonchev–Trinajstić information content (AvgIpc) is 3.02. The van der Waals surface area contributed by atoms with Gasteiger partial charge in [0.25, 0.3) is 0 Å². The third-order valence-electron chi connectivity index (χ3n) is 3.54. The number of aryl methyl sites for hydroxylation is 2. The van der Waals surface area contributed by atoms with E-state index in [1.54, 1.807) is 39.2 Å². The summed E-state index contributed by atoms with van der Waals surface area (Å²) < 4.78 is 12.2. The minimum absolute atomic E-state index is 0.0715. The summed E-state index contributed by atoms with van der Waals surface area (Å²) in [5.41, 5.74) is 1.79. The van der Waals surface area contributed by atoms with Crippen molar-refractivity contribution in [2.45, 2.75) is 52.9 Å². The molecule has 1 aromatic carbocycles. The number of ether oxygens (including phenoxy) is 2. The standard InChI is InChI=1S/C19H25N3O4/c1-13-8-6-9-14(2)16(13)21-18(24)25-15(12-22-11-7-10-20-22)17(23)26-19(3,4)5/h6-11,15H,12H2,1-5H3,(H,21,24). The van der Waals surface area contributed by atoms with Gasteiger partial charge in [-0.05, 0) is 51.8 Å². The summed E-state index contributed by atoms with van der Waals surface area (Å²) in [6.45, 7) is 9.11. The Morgan fingerprint density at radius 2 is 1.85 bits per heavy atom. The van der Waals surface area contributed by atoms with Gasteiger partial charge in [0.05, 0.1) is 6.54 Å². The van der Waals surface area contributed by atoms with Crippen LogP contribution in [0.3, 0.4) is 0 Å². The summed E-state index contributed by atoms with van der Waals surface area (Å²) in [7, 11) is 0. The van der Waals surface area contributed by atoms with E-state index in [9.17, 15) is 9.59 Å². The number of para-hydroxylation sites is 1. The van der Waals surface area contributed by atoms with E-state index in [4.69, 9.17) is 9.47 Å². The van der Waals surface area contributed by atoms with Crippen LogP contribution in [0.2, 0.25) is 0 Å². The average molecular weight is 359 g/mol. The molecule has 0 bridgehead atoms. The monoisotopic (exact) mass is 359 g/mol. The van der Waals surface area contributed by atoms with Gasteiger partial charge in [0.2, 0.25) is 6.10 Å². The number of hydrogen-bond donors (Lipinski definition) is 1. The molecule has 0 radical (unpaired) electrons. The zero-order chi connectivity index (χ0) is 19.3. The summed E-state index contributed by atoms with van der Waals surface area (Å²) in [6, 6.07) is 7.40. The fraction of sp³-hybridized carbons (Fsp3) is 0.421. The molecule has 0 fully saturated rings. The molecule has 0 aliphatic carbocycles. The highest BCUT2D eigenvalue weighted by Gasteiger charge is 2.29. The second-order valence-corrected chi connectivity index (χ2v) is 7.05. The van der Waals surface area contributed by atoms with Crippen LogP contribution in [0, 0.1) is 13.8 Å². The van der Waals surface area contributed by atoms with Gasteiger partial charge in [-0.3, -0.25) is 10.00 Å². The minimum atomic E-state index is -1.11. The van der Waals surface area contributed by atoms with Crippen molar-refractivity contribution in [2.75, 3.05) is 5.32 Å². The van der Waals surface area contributed by atoms with Crippen LogP contribution in [-0.4, -0.2) is 33.5 Å². The molecule has 7 heteroatoms. The molecular formula is C19H25N3O4. The zero-order valence-electron chi connectivity index (χ0n) is 15.8. The topological polar surface area (TPSA) is 82.5 Å². The highest BCUT2D eigenvalue weighted by atomic mass is 16.6. The van der Waals surface area contributed by atoms with Crippen LogP contribution in [0.4, 0.5) is 10.5 Å². The third-order valence-corrected chi connectivity index (χ3v) is 3.54. The molecule has 1 atom stereocenters. The lowest BCUT2D eigenvalue weighted by atomic mass is 10.1. The quantitative estimate of drug-likeness (QED) is 0.827. The Labute approximate surface area is 153 Å². The number of hydrogen-bond acceptors (Lipinski definition) is 5. The summed E-state index contributed by atoms with van der Waals surface area (Å²) in [6.07, 6.45) is 1.44. The van der Waals surface area contributed by atoms with E-state index in [1.807, 2.05) is 32.0 Å². The molecule has 26 heavy (non-hydrogen) atoms. The predicted octanol–water partition coefficient (Wildman–Crippen LogP) is 3.46. The molecule has 0 aliphatic heterocycles. The van der Waals surface area contributed by atoms with Gasteiger partial charge in [0, 0.05) is 18.1 Å². The van der Waals surface area contributed by atoms with E-state index in [0.29, 0.717) is 5.69 Å². The molecular weight excluding hydrogens is 334 g/mol. The highest BCUT2D eigenvalue weighted by Crippen LogP contribution is 2.20. The maximum absolute atomic E-state index is 12.4. The summed E-state index contributed by atoms with van der Waals surface area (Å²) >= 11 is 0. The molecule has 1 N–H and O–H groups in total. The molecule has 1 aromatic heterocycles. The molecule has 140 valence electrons. The Morgan fingerprint density at radius 3 is 2.38 bits per heavy atom. The lowest BCUT2D eigenvalue weighted by Gasteiger charge is -2.24. The molecule has 7 nitrogen and oxygen atoms in total. The number of rotatable bonds is 5. The number of nitrogens with one attached hydrogen (secondary N) is 1. The molecule has 1 unspecified atom stereocenters. The summed E-state index contributed by atoms with van der Waals surface area (Å²) in [4.78, 5) is 24.8. The molecule has 0 saturated carbocycles. The Morgan fingerprint density at radius 1 is 1.19 bits per heavy atom. The highest BCUT2D eigenvalue weighted by molar-refractivity contribution is 5.89. The first kappa shape index (κ1) is 19.5. The van der Waals surface area contributed by atoms with Crippen molar-refractivity contribution in [2.24, 2.45) is 0 Å². The Bertz CT molecular complexity index is 743. The molecule has 0 saturated heterocycles. The van der Waals surface area contributed by atoms with E-state index >= 15 is 0 Å². The Balaban J connectivity index is 2.12. The molecule has 1 amide bonds. The van der Waals surface area contributed by atoms with Crippen molar-refractivity contribution < 1.29 is 19.1 Å². The lowest BCUT2D eigenvalue weighted by molar-refractivity contribution is -0.165. The number of amides is 1. The van der Waals surface area contributed by atoms with Crippen LogP contribution in [0.1, 0.15) is 31.9 Å². The second-order valence-electron chi connectivity index (χ2n) is 7.05. The normalized spacial score (nSPS) is 12.3. The van der Waals surface area contributed by atoms with Gasteiger partial charge in [0.15, 0.2) is 0 Å². The second kappa shape index (κ2) is 8.03. The molecule has 2 aromatic rings. The Hall–Kier alpha value is -2.83. The van der Waals surface area contributed by atoms with Gasteiger partial charge in [-0.1, -0.05) is 18.2 Å². The smallest absolute Gasteiger partial charge is 0.412 e. The van der Waals surface area contributed by atoms with E-state index in [1.165, 1.54) is 4.68 Å². The zero-order valence-corrected chi connectivity index (χ0v) is 15.8. The lowest BCUT2D eigenvalue weighted by Crippen LogP contribution is -2.38. The first-order chi connectivity index (χ1) is 12.2. The Kier molecular flexibility index (Phi) is 6.02. The van der Waals surface area contributed by atoms with Gasteiger partial charge < -0.3 is 9.47 Å². The predicted molar refractivity (Wildman–Crippen MR) is 97.9 cm³/mol. The van der Waals surface area contributed by atoms with Crippen molar-refractivity contribution in [3.05, 3.63) is 47.8 Å². The van der Waals surface area contributed by atoms with Gasteiger partial charge in [-0.15, -0.1) is 0 Å². The van der Waals surface area contributed by atoms with Gasteiger partial charge in [-0.25, -0.2) is 9.59 Å². The first-order valence-electron chi connectivity index (χ1n) is 8.40. The number of esters is 1. The number of aromatic nitrogens is 2. The van der Waals surface area contributed by atoms with Gasteiger partial charge in [-0.2, -0.15) is 5.10 Å². The van der Waals surface area contributed by atoms with Crippen LogP contribution in [0.5, 0.6) is 0 Å². The van der Waals surface area contributed by atoms with Gasteiger partial charge in [0.1, 0.15) is 5.60 Å². The van der Waals surface area contributed by atoms with E-state index < -0.39 is 23.8 Å². The first-order valence-corrected chi connectivity index (χ1v) is 8.40. The van der Waals surface area contributed by atoms with Crippen molar-refractivity contribution in [3.8, 4) is 0 Å². The molecule has 0 spiro atoms. The van der Waals surface area contributed by atoms with Crippen molar-refractivity contribution in [3.63, 3.8) is 0 Å². The van der Waals surface area contributed by atoms with Crippen LogP contribution < -0.4 is 5.32 Å². The van der Waals surface area contributed by atoms with Crippen molar-refractivity contribution >= 4 is 17.7 Å². The number of benzene rings is 1.